The van der Waals surface area contributed by atoms with Crippen LogP contribution in [0, 0.1) is 0 Å². The number of likely N-dealkylation sites (tertiary alicyclic amines) is 1. The summed E-state index contributed by atoms with van der Waals surface area (Å²) in [7, 11) is 1.32. The number of aryl methyl sites for hydroxylation is 1. The van der Waals surface area contributed by atoms with Crippen molar-refractivity contribution in [2.75, 3.05) is 13.1 Å². The van der Waals surface area contributed by atoms with E-state index in [2.05, 4.69) is 15.3 Å². The van der Waals surface area contributed by atoms with Gasteiger partial charge in [-0.2, -0.15) is 18.3 Å². The van der Waals surface area contributed by atoms with Crippen LogP contribution in [0.2, 0.25) is 0 Å². The number of hydrogen-bond donors (Lipinski definition) is 1. The third-order valence-corrected chi connectivity index (χ3v) is 4.45. The van der Waals surface area contributed by atoms with Crippen molar-refractivity contribution in [3.63, 3.8) is 0 Å². The predicted octanol–water partition coefficient (Wildman–Crippen LogP) is 2.96. The number of nitrogens with one attached hydrogen (secondary N) is 1. The highest BCUT2D eigenvalue weighted by atomic mass is 19.4. The molecule has 1 saturated heterocycles. The Hall–Kier alpha value is -2.35. The Morgan fingerprint density at radius 3 is 2.54 bits per heavy atom. The molecule has 26 heavy (non-hydrogen) atoms. The molecule has 1 aromatic carbocycles. The molecule has 0 radical (unpaired) electrons. The standard InChI is InChI=1S/C18H21F3N4O/c1-24-15(10-16(23-24)18(19,20)21)17(26)22-11-13-5-4-6-14(9-13)12-25-7-2-3-8-25/h4-6,9-10H,2-3,7-8,11-12H2,1H3,(H,22,26). The first-order chi connectivity index (χ1) is 12.3. The zero-order chi connectivity index (χ0) is 18.7. The van der Waals surface area contributed by atoms with Crippen molar-refractivity contribution in [2.24, 2.45) is 7.05 Å². The van der Waals surface area contributed by atoms with Crippen molar-refractivity contribution < 1.29 is 18.0 Å². The van der Waals surface area contributed by atoms with Crippen LogP contribution < -0.4 is 5.32 Å². The lowest BCUT2D eigenvalue weighted by Crippen LogP contribution is -2.25. The van der Waals surface area contributed by atoms with Gasteiger partial charge in [0.15, 0.2) is 5.69 Å². The molecule has 0 aliphatic carbocycles. The van der Waals surface area contributed by atoms with E-state index in [1.807, 2.05) is 24.3 Å². The Balaban J connectivity index is 1.62. The number of rotatable bonds is 5. The number of alkyl halides is 3. The van der Waals surface area contributed by atoms with Crippen LogP contribution in [0.25, 0.3) is 0 Å². The van der Waals surface area contributed by atoms with Crippen molar-refractivity contribution in [3.05, 3.63) is 52.8 Å². The molecule has 1 amide bonds. The SMILES string of the molecule is Cn1nc(C(F)(F)F)cc1C(=O)NCc1cccc(CN2CCCC2)c1. The minimum Gasteiger partial charge on any atom is -0.347 e. The molecule has 2 aromatic rings. The first kappa shape index (κ1) is 18.4. The number of nitrogens with zero attached hydrogens (tertiary/aromatic N) is 3. The van der Waals surface area contributed by atoms with Gasteiger partial charge in [-0.05, 0) is 37.1 Å². The number of amides is 1. The van der Waals surface area contributed by atoms with Crippen LogP contribution in [0.4, 0.5) is 13.2 Å². The minimum absolute atomic E-state index is 0.120. The van der Waals surface area contributed by atoms with Crippen molar-refractivity contribution >= 4 is 5.91 Å². The molecular weight excluding hydrogens is 345 g/mol. The summed E-state index contributed by atoms with van der Waals surface area (Å²) in [6.07, 6.45) is -2.12. The molecular formula is C18H21F3N4O. The Kier molecular flexibility index (Phi) is 5.31. The van der Waals surface area contributed by atoms with Gasteiger partial charge in [-0.1, -0.05) is 24.3 Å². The maximum absolute atomic E-state index is 12.7. The van der Waals surface area contributed by atoms with Crippen molar-refractivity contribution in [1.82, 2.24) is 20.0 Å². The van der Waals surface area contributed by atoms with E-state index < -0.39 is 17.8 Å². The Morgan fingerprint density at radius 1 is 1.19 bits per heavy atom. The van der Waals surface area contributed by atoms with E-state index in [1.54, 1.807) is 0 Å². The highest BCUT2D eigenvalue weighted by Crippen LogP contribution is 2.28. The molecule has 0 bridgehead atoms. The molecule has 3 rings (SSSR count). The maximum atomic E-state index is 12.7. The second-order valence-electron chi connectivity index (χ2n) is 6.52. The smallest absolute Gasteiger partial charge is 0.347 e. The van der Waals surface area contributed by atoms with Crippen LogP contribution in [0.15, 0.2) is 30.3 Å². The first-order valence-electron chi connectivity index (χ1n) is 8.52. The van der Waals surface area contributed by atoms with Gasteiger partial charge in [0.25, 0.3) is 5.91 Å². The topological polar surface area (TPSA) is 50.2 Å². The van der Waals surface area contributed by atoms with Crippen LogP contribution in [-0.4, -0.2) is 33.7 Å². The average Bonchev–Trinajstić information content (AvgIpc) is 3.22. The van der Waals surface area contributed by atoms with Crippen LogP contribution in [0.3, 0.4) is 0 Å². The summed E-state index contributed by atoms with van der Waals surface area (Å²) in [5.74, 6) is -0.583. The van der Waals surface area contributed by atoms with Gasteiger partial charge in [0.2, 0.25) is 0 Å². The van der Waals surface area contributed by atoms with Crippen LogP contribution in [0.1, 0.15) is 40.2 Å². The van der Waals surface area contributed by atoms with Gasteiger partial charge in [-0.15, -0.1) is 0 Å². The van der Waals surface area contributed by atoms with Gasteiger partial charge >= 0.3 is 6.18 Å². The van der Waals surface area contributed by atoms with Crippen molar-refractivity contribution in [2.45, 2.75) is 32.1 Å². The molecule has 0 spiro atoms. The monoisotopic (exact) mass is 366 g/mol. The Labute approximate surface area is 149 Å². The lowest BCUT2D eigenvalue weighted by molar-refractivity contribution is -0.141. The summed E-state index contributed by atoms with van der Waals surface area (Å²) in [6, 6.07) is 8.64. The second-order valence-corrected chi connectivity index (χ2v) is 6.52. The van der Waals surface area contributed by atoms with Crippen LogP contribution >= 0.6 is 0 Å². The third-order valence-electron chi connectivity index (χ3n) is 4.45. The molecule has 8 heteroatoms. The first-order valence-corrected chi connectivity index (χ1v) is 8.52. The van der Waals surface area contributed by atoms with E-state index in [0.29, 0.717) is 0 Å². The zero-order valence-electron chi connectivity index (χ0n) is 14.5. The number of aromatic nitrogens is 2. The van der Waals surface area contributed by atoms with Gasteiger partial charge in [0, 0.05) is 26.2 Å². The molecule has 1 aliphatic heterocycles. The Morgan fingerprint density at radius 2 is 1.88 bits per heavy atom. The summed E-state index contributed by atoms with van der Waals surface area (Å²) < 4.78 is 39.0. The predicted molar refractivity (Wildman–Crippen MR) is 90.3 cm³/mol. The Bertz CT molecular complexity index is 779. The fraction of sp³-hybridized carbons (Fsp3) is 0.444. The average molecular weight is 366 g/mol. The van der Waals surface area contributed by atoms with Gasteiger partial charge in [0.05, 0.1) is 0 Å². The van der Waals surface area contributed by atoms with Gasteiger partial charge < -0.3 is 5.32 Å². The lowest BCUT2D eigenvalue weighted by Gasteiger charge is -2.15. The van der Waals surface area contributed by atoms with E-state index in [4.69, 9.17) is 0 Å². The number of carbonyl (C=O) groups is 1. The summed E-state index contributed by atoms with van der Waals surface area (Å²) in [5, 5.41) is 6.02. The molecule has 2 heterocycles. The fourth-order valence-corrected chi connectivity index (χ4v) is 3.13. The number of hydrogen-bond acceptors (Lipinski definition) is 3. The fourth-order valence-electron chi connectivity index (χ4n) is 3.13. The zero-order valence-corrected chi connectivity index (χ0v) is 14.5. The molecule has 1 fully saturated rings. The molecule has 0 unspecified atom stereocenters. The van der Waals surface area contributed by atoms with Gasteiger partial charge in [-0.25, -0.2) is 0 Å². The second kappa shape index (κ2) is 7.49. The molecule has 0 saturated carbocycles. The number of carbonyl (C=O) groups excluding carboxylic acids is 1. The largest absolute Gasteiger partial charge is 0.435 e. The molecule has 0 atom stereocenters. The highest BCUT2D eigenvalue weighted by molar-refractivity contribution is 5.92. The third kappa shape index (κ3) is 4.43. The molecule has 5 nitrogen and oxygen atoms in total. The highest BCUT2D eigenvalue weighted by Gasteiger charge is 2.35. The van der Waals surface area contributed by atoms with Gasteiger partial charge in [0.1, 0.15) is 5.69 Å². The van der Waals surface area contributed by atoms with E-state index in [9.17, 15) is 18.0 Å². The van der Waals surface area contributed by atoms with Crippen molar-refractivity contribution in [1.29, 1.82) is 0 Å². The molecule has 1 N–H and O–H groups in total. The summed E-state index contributed by atoms with van der Waals surface area (Å²) in [4.78, 5) is 14.6. The van der Waals surface area contributed by atoms with E-state index in [0.717, 1.165) is 35.9 Å². The summed E-state index contributed by atoms with van der Waals surface area (Å²) in [6.45, 7) is 3.32. The van der Waals surface area contributed by atoms with Crippen LogP contribution in [-0.2, 0) is 26.3 Å². The quantitative estimate of drug-likeness (QED) is 0.885. The van der Waals surface area contributed by atoms with E-state index >= 15 is 0 Å². The lowest BCUT2D eigenvalue weighted by atomic mass is 10.1. The molecule has 1 aromatic heterocycles. The van der Waals surface area contributed by atoms with Gasteiger partial charge in [-0.3, -0.25) is 14.4 Å². The number of benzene rings is 1. The summed E-state index contributed by atoms with van der Waals surface area (Å²) in [5.41, 5.74) is 0.884. The normalized spacial score (nSPS) is 15.4. The minimum atomic E-state index is -4.57. The van der Waals surface area contributed by atoms with E-state index in [-0.39, 0.29) is 12.2 Å². The number of halogens is 3. The van der Waals surface area contributed by atoms with Crippen molar-refractivity contribution in [3.8, 4) is 0 Å². The molecule has 1 aliphatic rings. The van der Waals surface area contributed by atoms with E-state index in [1.165, 1.54) is 25.5 Å². The van der Waals surface area contributed by atoms with Crippen LogP contribution in [0.5, 0.6) is 0 Å². The summed E-state index contributed by atoms with van der Waals surface area (Å²) >= 11 is 0. The maximum Gasteiger partial charge on any atom is 0.435 e. The molecule has 140 valence electrons.